The van der Waals surface area contributed by atoms with Crippen molar-refractivity contribution in [2.24, 2.45) is 0 Å². The van der Waals surface area contributed by atoms with Crippen LogP contribution in [0.5, 0.6) is 17.2 Å². The molecule has 0 saturated carbocycles. The van der Waals surface area contributed by atoms with Gasteiger partial charge in [-0.15, -0.1) is 0 Å². The number of hydrogen-bond donors (Lipinski definition) is 3. The Morgan fingerprint density at radius 1 is 0.778 bits per heavy atom. The number of aromatic hydroxyl groups is 2. The molecular weight excluding hydrogens is 448 g/mol. The molecule has 5 nitrogen and oxygen atoms in total. The van der Waals surface area contributed by atoms with E-state index in [0.717, 1.165) is 54.7 Å². The van der Waals surface area contributed by atoms with Crippen LogP contribution < -0.4 is 10.5 Å². The van der Waals surface area contributed by atoms with Crippen LogP contribution in [0.4, 0.5) is 5.69 Å². The number of likely N-dealkylation sites (tertiary alicyclic amines) is 1. The second-order valence-electron chi connectivity index (χ2n) is 10.2. The molecule has 5 heteroatoms. The van der Waals surface area contributed by atoms with Crippen molar-refractivity contribution < 1.29 is 14.9 Å². The van der Waals surface area contributed by atoms with Crippen molar-refractivity contribution in [2.75, 3.05) is 32.0 Å². The van der Waals surface area contributed by atoms with E-state index in [-0.39, 0.29) is 11.5 Å². The third kappa shape index (κ3) is 5.46. The standard InChI is InChI=1S/C31H38N2O3/c32-31-26(14-10-22-8-12-24(13-9-22)36-21-20-33-18-4-1-5-19-33)28(34)17-15-27(31)30-25-7-3-2-6-23(25)11-16-29(30)35/h8-9,11-13,15-17,34-35H,1-7,10,14,18-21,32H2. The maximum Gasteiger partial charge on any atom is 0.123 e. The van der Waals surface area contributed by atoms with Crippen molar-refractivity contribution in [3.63, 3.8) is 0 Å². The fourth-order valence-electron chi connectivity index (χ4n) is 5.75. The van der Waals surface area contributed by atoms with E-state index in [4.69, 9.17) is 10.5 Å². The lowest BCUT2D eigenvalue weighted by Gasteiger charge is -2.26. The van der Waals surface area contributed by atoms with Crippen LogP contribution in [0.2, 0.25) is 0 Å². The zero-order valence-corrected chi connectivity index (χ0v) is 21.1. The van der Waals surface area contributed by atoms with Gasteiger partial charge in [-0.05, 0) is 111 Å². The minimum Gasteiger partial charge on any atom is -0.508 e. The van der Waals surface area contributed by atoms with E-state index in [1.54, 1.807) is 12.1 Å². The normalized spacial score (nSPS) is 16.0. The Bertz CT molecular complexity index is 1180. The highest BCUT2D eigenvalue weighted by Crippen LogP contribution is 2.43. The lowest BCUT2D eigenvalue weighted by atomic mass is 9.84. The highest BCUT2D eigenvalue weighted by molar-refractivity contribution is 5.86. The number of nitrogens with two attached hydrogens (primary N) is 1. The summed E-state index contributed by atoms with van der Waals surface area (Å²) in [6.07, 6.45) is 9.60. The van der Waals surface area contributed by atoms with Gasteiger partial charge in [-0.3, -0.25) is 4.90 Å². The summed E-state index contributed by atoms with van der Waals surface area (Å²) >= 11 is 0. The van der Waals surface area contributed by atoms with Gasteiger partial charge in [-0.2, -0.15) is 0 Å². The van der Waals surface area contributed by atoms with Gasteiger partial charge in [0.05, 0.1) is 0 Å². The van der Waals surface area contributed by atoms with Gasteiger partial charge >= 0.3 is 0 Å². The van der Waals surface area contributed by atoms with Crippen LogP contribution in [0.1, 0.15) is 54.4 Å². The molecule has 0 atom stereocenters. The summed E-state index contributed by atoms with van der Waals surface area (Å²) in [5, 5.41) is 21.4. The van der Waals surface area contributed by atoms with Crippen LogP contribution in [-0.2, 0) is 25.7 Å². The number of ether oxygens (including phenoxy) is 1. The summed E-state index contributed by atoms with van der Waals surface area (Å²) in [5.74, 6) is 1.36. The summed E-state index contributed by atoms with van der Waals surface area (Å²) in [6.45, 7) is 4.07. The quantitative estimate of drug-likeness (QED) is 0.347. The SMILES string of the molecule is Nc1c(-c2c(O)ccc3c2CCCC3)ccc(O)c1CCc1ccc(OCCN2CCCCC2)cc1. The zero-order valence-electron chi connectivity index (χ0n) is 21.1. The van der Waals surface area contributed by atoms with Crippen molar-refractivity contribution in [3.8, 4) is 28.4 Å². The molecule has 1 fully saturated rings. The van der Waals surface area contributed by atoms with Crippen LogP contribution in [0.25, 0.3) is 11.1 Å². The van der Waals surface area contributed by atoms with Gasteiger partial charge in [0.1, 0.15) is 23.9 Å². The third-order valence-electron chi connectivity index (χ3n) is 7.82. The molecule has 0 bridgehead atoms. The van der Waals surface area contributed by atoms with Gasteiger partial charge in [-0.1, -0.05) is 24.6 Å². The Balaban J connectivity index is 1.26. The summed E-state index contributed by atoms with van der Waals surface area (Å²) in [4.78, 5) is 2.48. The Morgan fingerprint density at radius 2 is 1.53 bits per heavy atom. The van der Waals surface area contributed by atoms with Crippen LogP contribution in [0.15, 0.2) is 48.5 Å². The van der Waals surface area contributed by atoms with Crippen molar-refractivity contribution in [1.82, 2.24) is 4.90 Å². The highest BCUT2D eigenvalue weighted by atomic mass is 16.5. The first-order chi connectivity index (χ1) is 17.6. The van der Waals surface area contributed by atoms with Crippen LogP contribution in [0.3, 0.4) is 0 Å². The molecule has 0 spiro atoms. The van der Waals surface area contributed by atoms with Gasteiger partial charge in [0.2, 0.25) is 0 Å². The summed E-state index contributed by atoms with van der Waals surface area (Å²) in [7, 11) is 0. The summed E-state index contributed by atoms with van der Waals surface area (Å²) < 4.78 is 5.96. The molecule has 1 heterocycles. The minimum atomic E-state index is 0.207. The third-order valence-corrected chi connectivity index (χ3v) is 7.82. The van der Waals surface area contributed by atoms with Crippen LogP contribution in [0, 0.1) is 0 Å². The molecule has 36 heavy (non-hydrogen) atoms. The molecule has 5 rings (SSSR count). The molecule has 3 aromatic rings. The lowest BCUT2D eigenvalue weighted by molar-refractivity contribution is 0.183. The van der Waals surface area contributed by atoms with Gasteiger partial charge in [-0.25, -0.2) is 0 Å². The molecule has 4 N–H and O–H groups in total. The van der Waals surface area contributed by atoms with Gasteiger partial charge in [0, 0.05) is 28.9 Å². The Morgan fingerprint density at radius 3 is 2.33 bits per heavy atom. The van der Waals surface area contributed by atoms with Crippen LogP contribution >= 0.6 is 0 Å². The number of phenolic OH excluding ortho intramolecular Hbond substituents is 2. The Labute approximate surface area is 214 Å². The van der Waals surface area contributed by atoms with E-state index in [0.29, 0.717) is 18.7 Å². The van der Waals surface area contributed by atoms with E-state index in [2.05, 4.69) is 17.0 Å². The zero-order chi connectivity index (χ0) is 24.9. The first-order valence-corrected chi connectivity index (χ1v) is 13.5. The minimum absolute atomic E-state index is 0.207. The lowest BCUT2D eigenvalue weighted by Crippen LogP contribution is -2.33. The molecule has 0 radical (unpaired) electrons. The Kier molecular flexibility index (Phi) is 7.66. The number of benzene rings is 3. The molecule has 2 aliphatic rings. The first-order valence-electron chi connectivity index (χ1n) is 13.5. The van der Waals surface area contributed by atoms with Crippen LogP contribution in [-0.4, -0.2) is 41.4 Å². The summed E-state index contributed by atoms with van der Waals surface area (Å²) in [5.41, 5.74) is 13.2. The second-order valence-corrected chi connectivity index (χ2v) is 10.2. The predicted molar refractivity (Wildman–Crippen MR) is 146 cm³/mol. The van der Waals surface area contributed by atoms with Gasteiger partial charge in [0.25, 0.3) is 0 Å². The smallest absolute Gasteiger partial charge is 0.123 e. The number of fused-ring (bicyclic) bond motifs is 1. The second kappa shape index (κ2) is 11.3. The van der Waals surface area contributed by atoms with E-state index < -0.39 is 0 Å². The number of hydrogen-bond acceptors (Lipinski definition) is 5. The molecule has 0 unspecified atom stereocenters. The van der Waals surface area contributed by atoms with E-state index >= 15 is 0 Å². The topological polar surface area (TPSA) is 79.0 Å². The van der Waals surface area contributed by atoms with E-state index in [9.17, 15) is 10.2 Å². The average Bonchev–Trinajstić information content (AvgIpc) is 2.91. The fourth-order valence-corrected chi connectivity index (χ4v) is 5.75. The number of anilines is 1. The van der Waals surface area contributed by atoms with Gasteiger partial charge in [0.15, 0.2) is 0 Å². The van der Waals surface area contributed by atoms with Crippen molar-refractivity contribution in [2.45, 2.75) is 57.8 Å². The van der Waals surface area contributed by atoms with Gasteiger partial charge < -0.3 is 20.7 Å². The first kappa shape index (κ1) is 24.5. The maximum atomic E-state index is 10.7. The number of piperidine rings is 1. The molecule has 1 aliphatic heterocycles. The summed E-state index contributed by atoms with van der Waals surface area (Å²) in [6, 6.07) is 15.6. The molecular formula is C31H38N2O3. The van der Waals surface area contributed by atoms with E-state index in [1.165, 1.54) is 55.5 Å². The molecule has 1 aliphatic carbocycles. The number of aryl methyl sites for hydroxylation is 2. The number of phenols is 2. The molecule has 190 valence electrons. The Hall–Kier alpha value is -3.18. The van der Waals surface area contributed by atoms with Crippen molar-refractivity contribution in [3.05, 3.63) is 70.8 Å². The number of nitrogen functional groups attached to an aromatic ring is 1. The molecule has 1 saturated heterocycles. The monoisotopic (exact) mass is 486 g/mol. The fraction of sp³-hybridized carbons (Fsp3) is 0.419. The maximum absolute atomic E-state index is 10.7. The largest absolute Gasteiger partial charge is 0.508 e. The van der Waals surface area contributed by atoms with Crippen molar-refractivity contribution in [1.29, 1.82) is 0 Å². The molecule has 3 aromatic carbocycles. The predicted octanol–water partition coefficient (Wildman–Crippen LogP) is 5.88. The molecule has 0 amide bonds. The molecule has 0 aromatic heterocycles. The highest BCUT2D eigenvalue weighted by Gasteiger charge is 2.21. The number of nitrogens with zero attached hydrogens (tertiary/aromatic N) is 1. The van der Waals surface area contributed by atoms with Crippen molar-refractivity contribution >= 4 is 5.69 Å². The van der Waals surface area contributed by atoms with E-state index in [1.807, 2.05) is 24.3 Å². The average molecular weight is 487 g/mol. The number of rotatable bonds is 8.